The SMILES string of the molecule is CCCCCOC(=O)c1ccc(NC(=N)N)cc1. The van der Waals surface area contributed by atoms with E-state index in [1.807, 2.05) is 0 Å². The van der Waals surface area contributed by atoms with Crippen LogP contribution in [0.1, 0.15) is 36.5 Å². The molecule has 0 amide bonds. The molecular weight excluding hydrogens is 230 g/mol. The Balaban J connectivity index is 2.46. The number of hydrogen-bond donors (Lipinski definition) is 3. The lowest BCUT2D eigenvalue weighted by Gasteiger charge is -2.06. The molecule has 0 spiro atoms. The molecule has 0 radical (unpaired) electrons. The number of rotatable bonds is 6. The van der Waals surface area contributed by atoms with E-state index >= 15 is 0 Å². The van der Waals surface area contributed by atoms with E-state index in [4.69, 9.17) is 15.9 Å². The van der Waals surface area contributed by atoms with Crippen molar-refractivity contribution in [2.24, 2.45) is 5.73 Å². The standard InChI is InChI=1S/C13H19N3O2/c1-2-3-4-9-18-12(17)10-5-7-11(8-6-10)16-13(14)15/h5-8H,2-4,9H2,1H3,(H4,14,15,16). The van der Waals surface area contributed by atoms with Crippen LogP contribution in [-0.4, -0.2) is 18.5 Å². The van der Waals surface area contributed by atoms with Crippen molar-refractivity contribution in [3.8, 4) is 0 Å². The number of nitrogens with two attached hydrogens (primary N) is 1. The van der Waals surface area contributed by atoms with Gasteiger partial charge in [-0.15, -0.1) is 0 Å². The normalized spacial score (nSPS) is 9.83. The number of hydrogen-bond acceptors (Lipinski definition) is 3. The van der Waals surface area contributed by atoms with Crippen LogP contribution in [0.25, 0.3) is 0 Å². The molecule has 0 aromatic heterocycles. The molecule has 5 nitrogen and oxygen atoms in total. The smallest absolute Gasteiger partial charge is 0.338 e. The number of ether oxygens (including phenoxy) is 1. The highest BCUT2D eigenvalue weighted by atomic mass is 16.5. The zero-order valence-corrected chi connectivity index (χ0v) is 10.5. The van der Waals surface area contributed by atoms with E-state index in [-0.39, 0.29) is 11.9 Å². The van der Waals surface area contributed by atoms with Crippen molar-refractivity contribution in [2.75, 3.05) is 11.9 Å². The summed E-state index contributed by atoms with van der Waals surface area (Å²) in [7, 11) is 0. The maximum absolute atomic E-state index is 11.6. The molecule has 0 fully saturated rings. The molecule has 0 unspecified atom stereocenters. The summed E-state index contributed by atoms with van der Waals surface area (Å²) in [6.07, 6.45) is 3.06. The van der Waals surface area contributed by atoms with Gasteiger partial charge >= 0.3 is 5.97 Å². The van der Waals surface area contributed by atoms with Crippen LogP contribution in [0.2, 0.25) is 0 Å². The van der Waals surface area contributed by atoms with Crippen LogP contribution in [0.15, 0.2) is 24.3 Å². The number of guanidine groups is 1. The molecule has 0 saturated carbocycles. The molecule has 0 aliphatic heterocycles. The van der Waals surface area contributed by atoms with E-state index in [2.05, 4.69) is 12.2 Å². The Morgan fingerprint density at radius 2 is 2.00 bits per heavy atom. The van der Waals surface area contributed by atoms with Gasteiger partial charge in [0.05, 0.1) is 12.2 Å². The van der Waals surface area contributed by atoms with Crippen molar-refractivity contribution in [2.45, 2.75) is 26.2 Å². The zero-order valence-electron chi connectivity index (χ0n) is 10.5. The maximum Gasteiger partial charge on any atom is 0.338 e. The Bertz CT molecular complexity index is 401. The number of anilines is 1. The van der Waals surface area contributed by atoms with Crippen LogP contribution >= 0.6 is 0 Å². The van der Waals surface area contributed by atoms with Crippen LogP contribution in [0, 0.1) is 5.41 Å². The zero-order chi connectivity index (χ0) is 13.4. The monoisotopic (exact) mass is 249 g/mol. The molecule has 4 N–H and O–H groups in total. The predicted octanol–water partition coefficient (Wildman–Crippen LogP) is 2.34. The minimum Gasteiger partial charge on any atom is -0.462 e. The van der Waals surface area contributed by atoms with Gasteiger partial charge in [0.2, 0.25) is 0 Å². The average Bonchev–Trinajstić information content (AvgIpc) is 2.34. The number of carbonyl (C=O) groups is 1. The number of nitrogens with one attached hydrogen (secondary N) is 2. The summed E-state index contributed by atoms with van der Waals surface area (Å²) in [5.41, 5.74) is 6.37. The molecule has 0 aliphatic carbocycles. The molecule has 18 heavy (non-hydrogen) atoms. The quantitative estimate of drug-likeness (QED) is 0.312. The molecule has 1 rings (SSSR count). The van der Waals surface area contributed by atoms with Crippen molar-refractivity contribution < 1.29 is 9.53 Å². The predicted molar refractivity (Wildman–Crippen MR) is 71.8 cm³/mol. The van der Waals surface area contributed by atoms with Crippen LogP contribution in [0.5, 0.6) is 0 Å². The van der Waals surface area contributed by atoms with Gasteiger partial charge < -0.3 is 15.8 Å². The summed E-state index contributed by atoms with van der Waals surface area (Å²) in [6, 6.07) is 6.66. The molecule has 0 atom stereocenters. The second-order valence-electron chi connectivity index (χ2n) is 3.96. The second-order valence-corrected chi connectivity index (χ2v) is 3.96. The second kappa shape index (κ2) is 7.32. The van der Waals surface area contributed by atoms with Gasteiger partial charge in [0, 0.05) is 5.69 Å². The van der Waals surface area contributed by atoms with Gasteiger partial charge in [-0.3, -0.25) is 5.41 Å². The van der Waals surface area contributed by atoms with Crippen LogP contribution in [0.3, 0.4) is 0 Å². The summed E-state index contributed by atoms with van der Waals surface area (Å²) >= 11 is 0. The van der Waals surface area contributed by atoms with E-state index in [1.165, 1.54) is 0 Å². The molecule has 1 aromatic carbocycles. The highest BCUT2D eigenvalue weighted by Gasteiger charge is 2.06. The lowest BCUT2D eigenvalue weighted by Crippen LogP contribution is -2.20. The molecule has 0 aliphatic rings. The third-order valence-corrected chi connectivity index (χ3v) is 2.38. The van der Waals surface area contributed by atoms with Crippen molar-refractivity contribution >= 4 is 17.6 Å². The van der Waals surface area contributed by atoms with Gasteiger partial charge in [0.15, 0.2) is 5.96 Å². The van der Waals surface area contributed by atoms with Gasteiger partial charge in [-0.1, -0.05) is 19.8 Å². The van der Waals surface area contributed by atoms with Gasteiger partial charge in [0.1, 0.15) is 0 Å². The van der Waals surface area contributed by atoms with Crippen molar-refractivity contribution in [1.82, 2.24) is 0 Å². The first-order chi connectivity index (χ1) is 8.63. The first kappa shape index (κ1) is 14.0. The maximum atomic E-state index is 11.6. The minimum atomic E-state index is -0.319. The van der Waals surface area contributed by atoms with Crippen molar-refractivity contribution in [3.63, 3.8) is 0 Å². The summed E-state index contributed by atoms with van der Waals surface area (Å²) in [5.74, 6) is -0.453. The summed E-state index contributed by atoms with van der Waals surface area (Å²) < 4.78 is 5.12. The number of unbranched alkanes of at least 4 members (excludes halogenated alkanes) is 2. The summed E-state index contributed by atoms with van der Waals surface area (Å²) in [6.45, 7) is 2.56. The van der Waals surface area contributed by atoms with E-state index in [1.54, 1.807) is 24.3 Å². The highest BCUT2D eigenvalue weighted by molar-refractivity contribution is 5.92. The van der Waals surface area contributed by atoms with Crippen molar-refractivity contribution in [3.05, 3.63) is 29.8 Å². The van der Waals surface area contributed by atoms with Crippen LogP contribution in [-0.2, 0) is 4.74 Å². The Morgan fingerprint density at radius 1 is 1.33 bits per heavy atom. The Hall–Kier alpha value is -2.04. The fourth-order valence-corrected chi connectivity index (χ4v) is 1.45. The Labute approximate surface area is 107 Å². The highest BCUT2D eigenvalue weighted by Crippen LogP contribution is 2.10. The summed E-state index contributed by atoms with van der Waals surface area (Å²) in [5, 5.41) is 9.72. The minimum absolute atomic E-state index is 0.134. The molecule has 98 valence electrons. The van der Waals surface area contributed by atoms with Gasteiger partial charge in [-0.25, -0.2) is 4.79 Å². The van der Waals surface area contributed by atoms with Gasteiger partial charge in [-0.05, 0) is 30.7 Å². The lowest BCUT2D eigenvalue weighted by atomic mass is 10.2. The summed E-state index contributed by atoms with van der Waals surface area (Å²) in [4.78, 5) is 11.6. The molecule has 5 heteroatoms. The number of esters is 1. The topological polar surface area (TPSA) is 88.2 Å². The third kappa shape index (κ3) is 4.86. The fraction of sp³-hybridized carbons (Fsp3) is 0.385. The van der Waals surface area contributed by atoms with E-state index in [9.17, 15) is 4.79 Å². The molecule has 0 heterocycles. The molecular formula is C13H19N3O2. The van der Waals surface area contributed by atoms with E-state index in [0.717, 1.165) is 19.3 Å². The number of benzene rings is 1. The van der Waals surface area contributed by atoms with E-state index in [0.29, 0.717) is 17.9 Å². The molecule has 1 aromatic rings. The van der Waals surface area contributed by atoms with E-state index < -0.39 is 0 Å². The van der Waals surface area contributed by atoms with Crippen molar-refractivity contribution in [1.29, 1.82) is 5.41 Å². The van der Waals surface area contributed by atoms with Gasteiger partial charge in [0.25, 0.3) is 0 Å². The lowest BCUT2D eigenvalue weighted by molar-refractivity contribution is 0.0498. The Morgan fingerprint density at radius 3 is 2.56 bits per heavy atom. The first-order valence-electron chi connectivity index (χ1n) is 6.01. The number of carbonyl (C=O) groups excluding carboxylic acids is 1. The van der Waals surface area contributed by atoms with Crippen LogP contribution in [0.4, 0.5) is 5.69 Å². The molecule has 0 bridgehead atoms. The third-order valence-electron chi connectivity index (χ3n) is 2.38. The van der Waals surface area contributed by atoms with Gasteiger partial charge in [-0.2, -0.15) is 0 Å². The Kier molecular flexibility index (Phi) is 5.70. The average molecular weight is 249 g/mol. The fourth-order valence-electron chi connectivity index (χ4n) is 1.45. The van der Waals surface area contributed by atoms with Crippen LogP contribution < -0.4 is 11.1 Å². The first-order valence-corrected chi connectivity index (χ1v) is 6.01. The largest absolute Gasteiger partial charge is 0.462 e. The molecule has 0 saturated heterocycles.